The lowest BCUT2D eigenvalue weighted by Crippen LogP contribution is -2.02. The SMILES string of the molecule is CCCCCc1cccc(CCN)c1. The summed E-state index contributed by atoms with van der Waals surface area (Å²) in [6.07, 6.45) is 6.15. The van der Waals surface area contributed by atoms with Gasteiger partial charge in [-0.25, -0.2) is 0 Å². The summed E-state index contributed by atoms with van der Waals surface area (Å²) in [5.41, 5.74) is 8.37. The van der Waals surface area contributed by atoms with Gasteiger partial charge < -0.3 is 5.73 Å². The molecule has 0 aromatic heterocycles. The molecule has 0 aliphatic rings. The van der Waals surface area contributed by atoms with Gasteiger partial charge in [-0.3, -0.25) is 0 Å². The molecule has 1 aromatic rings. The Kier molecular flexibility index (Phi) is 5.31. The summed E-state index contributed by atoms with van der Waals surface area (Å²) in [7, 11) is 0. The summed E-state index contributed by atoms with van der Waals surface area (Å²) >= 11 is 0. The Bertz CT molecular complexity index is 255. The van der Waals surface area contributed by atoms with Crippen molar-refractivity contribution in [2.24, 2.45) is 5.73 Å². The van der Waals surface area contributed by atoms with Crippen molar-refractivity contribution in [1.29, 1.82) is 0 Å². The van der Waals surface area contributed by atoms with E-state index >= 15 is 0 Å². The molecule has 0 fully saturated rings. The minimum atomic E-state index is 0.748. The average Bonchev–Trinajstić information content (AvgIpc) is 2.19. The maximum atomic E-state index is 5.53. The lowest BCUT2D eigenvalue weighted by molar-refractivity contribution is 0.717. The van der Waals surface area contributed by atoms with E-state index in [1.165, 1.54) is 36.8 Å². The van der Waals surface area contributed by atoms with E-state index in [-0.39, 0.29) is 0 Å². The first-order valence-electron chi connectivity index (χ1n) is 5.64. The zero-order chi connectivity index (χ0) is 10.2. The van der Waals surface area contributed by atoms with Crippen molar-refractivity contribution >= 4 is 0 Å². The van der Waals surface area contributed by atoms with Gasteiger partial charge in [-0.1, -0.05) is 44.0 Å². The first-order chi connectivity index (χ1) is 6.86. The lowest BCUT2D eigenvalue weighted by atomic mass is 10.0. The standard InChI is InChI=1S/C13H21N/c1-2-3-4-6-12-7-5-8-13(11-12)9-10-14/h5,7-8,11H,2-4,6,9-10,14H2,1H3. The van der Waals surface area contributed by atoms with Crippen LogP contribution < -0.4 is 5.73 Å². The highest BCUT2D eigenvalue weighted by Gasteiger charge is 1.95. The third-order valence-electron chi connectivity index (χ3n) is 2.49. The third-order valence-corrected chi connectivity index (χ3v) is 2.49. The molecule has 0 bridgehead atoms. The molecule has 0 aliphatic carbocycles. The van der Waals surface area contributed by atoms with Crippen LogP contribution in [-0.2, 0) is 12.8 Å². The molecule has 0 radical (unpaired) electrons. The summed E-state index contributed by atoms with van der Waals surface area (Å²) in [5, 5.41) is 0. The molecule has 1 rings (SSSR count). The van der Waals surface area contributed by atoms with Crippen LogP contribution in [0.3, 0.4) is 0 Å². The highest BCUT2D eigenvalue weighted by Crippen LogP contribution is 2.09. The van der Waals surface area contributed by atoms with Crippen LogP contribution in [0, 0.1) is 0 Å². The van der Waals surface area contributed by atoms with Gasteiger partial charge in [-0.15, -0.1) is 0 Å². The maximum absolute atomic E-state index is 5.53. The highest BCUT2D eigenvalue weighted by atomic mass is 14.5. The molecule has 78 valence electrons. The number of hydrogen-bond donors (Lipinski definition) is 1. The zero-order valence-electron chi connectivity index (χ0n) is 9.13. The van der Waals surface area contributed by atoms with Gasteiger partial charge in [0, 0.05) is 0 Å². The number of hydrogen-bond acceptors (Lipinski definition) is 1. The van der Waals surface area contributed by atoms with E-state index in [9.17, 15) is 0 Å². The van der Waals surface area contributed by atoms with Crippen LogP contribution in [0.2, 0.25) is 0 Å². The van der Waals surface area contributed by atoms with Crippen LogP contribution in [0.1, 0.15) is 37.3 Å². The minimum Gasteiger partial charge on any atom is -0.330 e. The molecule has 14 heavy (non-hydrogen) atoms. The molecule has 0 atom stereocenters. The summed E-state index contributed by atoms with van der Waals surface area (Å²) in [5.74, 6) is 0. The van der Waals surface area contributed by atoms with E-state index in [1.54, 1.807) is 0 Å². The number of rotatable bonds is 6. The Labute approximate surface area is 87.3 Å². The van der Waals surface area contributed by atoms with Crippen LogP contribution >= 0.6 is 0 Å². The van der Waals surface area contributed by atoms with Crippen molar-refractivity contribution < 1.29 is 0 Å². The molecule has 0 saturated heterocycles. The van der Waals surface area contributed by atoms with Crippen LogP contribution in [0.25, 0.3) is 0 Å². The predicted octanol–water partition coefficient (Wildman–Crippen LogP) is 2.92. The maximum Gasteiger partial charge on any atom is -0.00367 e. The fourth-order valence-corrected chi connectivity index (χ4v) is 1.69. The van der Waals surface area contributed by atoms with E-state index in [1.807, 2.05) is 0 Å². The third kappa shape index (κ3) is 3.93. The molecular formula is C13H21N. The second-order valence-corrected chi connectivity index (χ2v) is 3.82. The van der Waals surface area contributed by atoms with Crippen molar-refractivity contribution in [1.82, 2.24) is 0 Å². The summed E-state index contributed by atoms with van der Waals surface area (Å²) < 4.78 is 0. The monoisotopic (exact) mass is 191 g/mol. The Balaban J connectivity index is 2.46. The molecule has 0 unspecified atom stereocenters. The molecule has 2 N–H and O–H groups in total. The topological polar surface area (TPSA) is 26.0 Å². The van der Waals surface area contributed by atoms with Crippen LogP contribution in [0.5, 0.6) is 0 Å². The first-order valence-corrected chi connectivity index (χ1v) is 5.64. The summed E-state index contributed by atoms with van der Waals surface area (Å²) in [6.45, 7) is 2.99. The van der Waals surface area contributed by atoms with Crippen molar-refractivity contribution in [3.63, 3.8) is 0 Å². The second-order valence-electron chi connectivity index (χ2n) is 3.82. The quantitative estimate of drug-likeness (QED) is 0.687. The number of unbranched alkanes of at least 4 members (excludes halogenated alkanes) is 2. The van der Waals surface area contributed by atoms with Gasteiger partial charge in [0.05, 0.1) is 0 Å². The van der Waals surface area contributed by atoms with E-state index in [4.69, 9.17) is 5.73 Å². The van der Waals surface area contributed by atoms with Crippen LogP contribution in [-0.4, -0.2) is 6.54 Å². The van der Waals surface area contributed by atoms with E-state index in [2.05, 4.69) is 31.2 Å². The Morgan fingerprint density at radius 2 is 1.79 bits per heavy atom. The number of benzene rings is 1. The Morgan fingerprint density at radius 1 is 1.07 bits per heavy atom. The largest absolute Gasteiger partial charge is 0.330 e. The van der Waals surface area contributed by atoms with Crippen molar-refractivity contribution in [2.45, 2.75) is 39.0 Å². The zero-order valence-corrected chi connectivity index (χ0v) is 9.13. The molecule has 1 heteroatoms. The minimum absolute atomic E-state index is 0.748. The van der Waals surface area contributed by atoms with Crippen LogP contribution in [0.15, 0.2) is 24.3 Å². The van der Waals surface area contributed by atoms with Crippen LogP contribution in [0.4, 0.5) is 0 Å². The molecule has 0 aliphatic heterocycles. The van der Waals surface area contributed by atoms with Gasteiger partial charge in [-0.2, -0.15) is 0 Å². The number of aryl methyl sites for hydroxylation is 1. The molecule has 1 nitrogen and oxygen atoms in total. The van der Waals surface area contributed by atoms with E-state index in [0.29, 0.717) is 0 Å². The fraction of sp³-hybridized carbons (Fsp3) is 0.538. The van der Waals surface area contributed by atoms with Gasteiger partial charge in [0.2, 0.25) is 0 Å². The molecule has 0 saturated carbocycles. The van der Waals surface area contributed by atoms with Gasteiger partial charge in [0.25, 0.3) is 0 Å². The normalized spacial score (nSPS) is 10.4. The smallest absolute Gasteiger partial charge is 0.00367 e. The molecule has 0 heterocycles. The molecular weight excluding hydrogens is 170 g/mol. The number of nitrogens with two attached hydrogens (primary N) is 1. The summed E-state index contributed by atoms with van der Waals surface area (Å²) in [6, 6.07) is 8.82. The van der Waals surface area contributed by atoms with E-state index < -0.39 is 0 Å². The Morgan fingerprint density at radius 3 is 2.43 bits per heavy atom. The average molecular weight is 191 g/mol. The van der Waals surface area contributed by atoms with Crippen molar-refractivity contribution in [2.75, 3.05) is 6.54 Å². The van der Waals surface area contributed by atoms with Gasteiger partial charge >= 0.3 is 0 Å². The highest BCUT2D eigenvalue weighted by molar-refractivity contribution is 5.23. The van der Waals surface area contributed by atoms with Crippen molar-refractivity contribution in [3.8, 4) is 0 Å². The Hall–Kier alpha value is -0.820. The van der Waals surface area contributed by atoms with Gasteiger partial charge in [0.15, 0.2) is 0 Å². The second kappa shape index (κ2) is 6.61. The van der Waals surface area contributed by atoms with Gasteiger partial charge in [0.1, 0.15) is 0 Å². The lowest BCUT2D eigenvalue weighted by Gasteiger charge is -2.03. The van der Waals surface area contributed by atoms with E-state index in [0.717, 1.165) is 13.0 Å². The van der Waals surface area contributed by atoms with Gasteiger partial charge in [-0.05, 0) is 36.9 Å². The molecule has 0 amide bonds. The predicted molar refractivity (Wildman–Crippen MR) is 62.4 cm³/mol. The fourth-order valence-electron chi connectivity index (χ4n) is 1.69. The van der Waals surface area contributed by atoms with Crippen molar-refractivity contribution in [3.05, 3.63) is 35.4 Å². The molecule has 0 spiro atoms. The summed E-state index contributed by atoms with van der Waals surface area (Å²) in [4.78, 5) is 0. The first kappa shape index (κ1) is 11.3. The molecule has 1 aromatic carbocycles.